The minimum atomic E-state index is -0.581. The lowest BCUT2D eigenvalue weighted by atomic mass is 9.81. The maximum Gasteiger partial charge on any atom is 0.249 e. The van der Waals surface area contributed by atoms with E-state index >= 15 is 0 Å². The van der Waals surface area contributed by atoms with Gasteiger partial charge in [0.25, 0.3) is 0 Å². The molecule has 130 valence electrons. The van der Waals surface area contributed by atoms with Crippen LogP contribution in [0.2, 0.25) is 0 Å². The van der Waals surface area contributed by atoms with Crippen molar-refractivity contribution >= 4 is 29.9 Å². The Labute approximate surface area is 143 Å². The summed E-state index contributed by atoms with van der Waals surface area (Å²) in [6.07, 6.45) is 5.39. The highest BCUT2D eigenvalue weighted by atomic mass is 35.5. The number of aryl methyl sites for hydroxylation is 1. The summed E-state index contributed by atoms with van der Waals surface area (Å²) >= 11 is 0. The Morgan fingerprint density at radius 1 is 1.48 bits per heavy atom. The van der Waals surface area contributed by atoms with Gasteiger partial charge in [-0.1, -0.05) is 13.8 Å². The van der Waals surface area contributed by atoms with Gasteiger partial charge in [-0.3, -0.25) is 14.3 Å². The molecule has 8 heteroatoms. The van der Waals surface area contributed by atoms with Gasteiger partial charge >= 0.3 is 0 Å². The normalized spacial score (nSPS) is 18.0. The molecular formula is C15H26ClN5O2. The molecular weight excluding hydrogens is 318 g/mol. The molecule has 0 spiro atoms. The molecule has 1 unspecified atom stereocenters. The molecule has 7 nitrogen and oxygen atoms in total. The van der Waals surface area contributed by atoms with E-state index in [0.29, 0.717) is 32.4 Å². The van der Waals surface area contributed by atoms with Crippen LogP contribution in [0.25, 0.3) is 0 Å². The van der Waals surface area contributed by atoms with Crippen molar-refractivity contribution in [3.8, 4) is 0 Å². The van der Waals surface area contributed by atoms with Gasteiger partial charge in [0.15, 0.2) is 0 Å². The molecule has 1 saturated heterocycles. The van der Waals surface area contributed by atoms with Crippen LogP contribution in [0.3, 0.4) is 0 Å². The van der Waals surface area contributed by atoms with Crippen LogP contribution in [-0.4, -0.2) is 40.7 Å². The second-order valence-corrected chi connectivity index (χ2v) is 5.87. The van der Waals surface area contributed by atoms with Crippen molar-refractivity contribution in [1.29, 1.82) is 0 Å². The van der Waals surface area contributed by atoms with E-state index in [0.717, 1.165) is 5.69 Å². The van der Waals surface area contributed by atoms with Crippen LogP contribution in [-0.2, 0) is 16.6 Å². The van der Waals surface area contributed by atoms with E-state index in [-0.39, 0.29) is 24.2 Å². The van der Waals surface area contributed by atoms with Gasteiger partial charge in [-0.05, 0) is 19.3 Å². The minimum absolute atomic E-state index is 0. The summed E-state index contributed by atoms with van der Waals surface area (Å²) in [6, 6.07) is -0.475. The summed E-state index contributed by atoms with van der Waals surface area (Å²) in [5, 5.41) is 6.97. The molecule has 0 radical (unpaired) electrons. The van der Waals surface area contributed by atoms with Crippen molar-refractivity contribution in [1.82, 2.24) is 15.1 Å². The number of anilines is 1. The van der Waals surface area contributed by atoms with Gasteiger partial charge in [0.1, 0.15) is 6.04 Å². The van der Waals surface area contributed by atoms with Gasteiger partial charge in [0, 0.05) is 26.3 Å². The van der Waals surface area contributed by atoms with Gasteiger partial charge in [-0.2, -0.15) is 5.10 Å². The van der Waals surface area contributed by atoms with E-state index < -0.39 is 11.5 Å². The molecule has 3 N–H and O–H groups in total. The van der Waals surface area contributed by atoms with E-state index in [1.807, 2.05) is 13.8 Å². The number of carbonyl (C=O) groups excluding carboxylic acids is 2. The van der Waals surface area contributed by atoms with Crippen LogP contribution in [0.4, 0.5) is 5.69 Å². The van der Waals surface area contributed by atoms with Crippen LogP contribution in [0.1, 0.15) is 33.1 Å². The zero-order valence-corrected chi connectivity index (χ0v) is 14.7. The SMILES string of the molecule is CCC(CC)(CN)C(=O)NC1CCN(c2cnn(C)c2)C1=O.Cl. The fourth-order valence-electron chi connectivity index (χ4n) is 2.88. The fourth-order valence-corrected chi connectivity index (χ4v) is 2.88. The summed E-state index contributed by atoms with van der Waals surface area (Å²) < 4.78 is 1.65. The van der Waals surface area contributed by atoms with Gasteiger partial charge in [-0.25, -0.2) is 0 Å². The van der Waals surface area contributed by atoms with Gasteiger partial charge in [0.05, 0.1) is 17.3 Å². The summed E-state index contributed by atoms with van der Waals surface area (Å²) in [5.74, 6) is -0.203. The summed E-state index contributed by atoms with van der Waals surface area (Å²) in [5.41, 5.74) is 5.98. The number of carbonyl (C=O) groups is 2. The highest BCUT2D eigenvalue weighted by molar-refractivity contribution is 6.01. The Balaban J connectivity index is 0.00000264. The Hall–Kier alpha value is -1.60. The quantitative estimate of drug-likeness (QED) is 0.800. The second kappa shape index (κ2) is 7.79. The monoisotopic (exact) mass is 343 g/mol. The summed E-state index contributed by atoms with van der Waals surface area (Å²) in [4.78, 5) is 26.7. The number of nitrogens with two attached hydrogens (primary N) is 1. The van der Waals surface area contributed by atoms with Crippen LogP contribution < -0.4 is 16.0 Å². The molecule has 0 aliphatic carbocycles. The first-order valence-corrected chi connectivity index (χ1v) is 7.78. The zero-order valence-electron chi connectivity index (χ0n) is 13.9. The fraction of sp³-hybridized carbons (Fsp3) is 0.667. The molecule has 1 atom stereocenters. The predicted octanol–water partition coefficient (Wildman–Crippen LogP) is 0.829. The lowest BCUT2D eigenvalue weighted by Crippen LogP contribution is -2.51. The highest BCUT2D eigenvalue weighted by Crippen LogP contribution is 2.27. The molecule has 1 aromatic heterocycles. The zero-order chi connectivity index (χ0) is 16.3. The Bertz CT molecular complexity index is 548. The topological polar surface area (TPSA) is 93.2 Å². The Morgan fingerprint density at radius 2 is 2.13 bits per heavy atom. The molecule has 2 heterocycles. The van der Waals surface area contributed by atoms with Crippen LogP contribution in [0.5, 0.6) is 0 Å². The Morgan fingerprint density at radius 3 is 2.61 bits per heavy atom. The number of hydrogen-bond acceptors (Lipinski definition) is 4. The summed E-state index contributed by atoms with van der Waals surface area (Å²) in [7, 11) is 1.81. The standard InChI is InChI=1S/C15H25N5O2.ClH/c1-4-15(5-2,10-16)14(22)18-12-6-7-20(13(12)21)11-8-17-19(3)9-11;/h8-9,12H,4-7,10,16H2,1-3H3,(H,18,22);1H. The van der Waals surface area contributed by atoms with Gasteiger partial charge in [-0.15, -0.1) is 12.4 Å². The van der Waals surface area contributed by atoms with E-state index in [1.54, 1.807) is 29.0 Å². The van der Waals surface area contributed by atoms with Crippen molar-refractivity contribution in [3.05, 3.63) is 12.4 Å². The molecule has 1 aromatic rings. The third kappa shape index (κ3) is 3.67. The first-order chi connectivity index (χ1) is 10.5. The van der Waals surface area contributed by atoms with Crippen molar-refractivity contribution in [2.45, 2.75) is 39.2 Å². The molecule has 1 aliphatic heterocycles. The van der Waals surface area contributed by atoms with Crippen LogP contribution >= 0.6 is 12.4 Å². The molecule has 1 fully saturated rings. The van der Waals surface area contributed by atoms with Crippen LogP contribution in [0, 0.1) is 5.41 Å². The molecule has 2 amide bonds. The van der Waals surface area contributed by atoms with E-state index in [9.17, 15) is 9.59 Å². The number of aromatic nitrogens is 2. The second-order valence-electron chi connectivity index (χ2n) is 5.87. The summed E-state index contributed by atoms with van der Waals surface area (Å²) in [6.45, 7) is 4.78. The van der Waals surface area contributed by atoms with Crippen molar-refractivity contribution in [2.24, 2.45) is 18.2 Å². The van der Waals surface area contributed by atoms with Gasteiger partial charge in [0.2, 0.25) is 11.8 Å². The van der Waals surface area contributed by atoms with Gasteiger partial charge < -0.3 is 16.0 Å². The average Bonchev–Trinajstić information content (AvgIpc) is 3.08. The van der Waals surface area contributed by atoms with E-state index in [1.165, 1.54) is 0 Å². The molecule has 2 rings (SSSR count). The van der Waals surface area contributed by atoms with E-state index in [4.69, 9.17) is 5.73 Å². The average molecular weight is 344 g/mol. The lowest BCUT2D eigenvalue weighted by Gasteiger charge is -2.29. The van der Waals surface area contributed by atoms with E-state index in [2.05, 4.69) is 10.4 Å². The smallest absolute Gasteiger partial charge is 0.249 e. The number of hydrogen-bond donors (Lipinski definition) is 2. The number of rotatable bonds is 6. The third-order valence-corrected chi connectivity index (χ3v) is 4.74. The van der Waals surface area contributed by atoms with Crippen molar-refractivity contribution in [2.75, 3.05) is 18.0 Å². The first-order valence-electron chi connectivity index (χ1n) is 7.78. The maximum absolute atomic E-state index is 12.5. The third-order valence-electron chi connectivity index (χ3n) is 4.74. The minimum Gasteiger partial charge on any atom is -0.344 e. The molecule has 0 bridgehead atoms. The highest BCUT2D eigenvalue weighted by Gasteiger charge is 2.39. The molecule has 1 aliphatic rings. The van der Waals surface area contributed by atoms with Crippen molar-refractivity contribution in [3.63, 3.8) is 0 Å². The number of amides is 2. The number of halogens is 1. The van der Waals surface area contributed by atoms with Crippen LogP contribution in [0.15, 0.2) is 12.4 Å². The predicted molar refractivity (Wildman–Crippen MR) is 91.4 cm³/mol. The first kappa shape index (κ1) is 19.4. The molecule has 0 saturated carbocycles. The maximum atomic E-state index is 12.5. The number of nitrogens with zero attached hydrogens (tertiary/aromatic N) is 3. The molecule has 23 heavy (non-hydrogen) atoms. The molecule has 0 aromatic carbocycles. The lowest BCUT2D eigenvalue weighted by molar-refractivity contribution is -0.134. The Kier molecular flexibility index (Phi) is 6.58. The largest absolute Gasteiger partial charge is 0.344 e. The van der Waals surface area contributed by atoms with Crippen molar-refractivity contribution < 1.29 is 9.59 Å². The number of nitrogens with one attached hydrogen (secondary N) is 1.